The number of methoxy groups -OCH3 is 2. The normalized spacial score (nSPS) is 20.4. The van der Waals surface area contributed by atoms with Crippen molar-refractivity contribution >= 4 is 17.5 Å². The average Bonchev–Trinajstić information content (AvgIpc) is 3.45. The second kappa shape index (κ2) is 11.2. The molecule has 2 saturated heterocycles. The van der Waals surface area contributed by atoms with Gasteiger partial charge in [0.05, 0.1) is 43.4 Å². The molecule has 0 spiro atoms. The SMILES string of the molecule is COc1ccc(Cn2cc(-c3ccccc3Cl)nc2[C@H]2C[C@@H](CN3CCCCC3)C(=O)N2C)c(OC)c1. The lowest BCUT2D eigenvalue weighted by Gasteiger charge is -2.28. The van der Waals surface area contributed by atoms with Crippen LogP contribution in [-0.4, -0.2) is 66.2 Å². The van der Waals surface area contributed by atoms with Gasteiger partial charge in [-0.3, -0.25) is 4.79 Å². The van der Waals surface area contributed by atoms with Crippen molar-refractivity contribution < 1.29 is 14.3 Å². The van der Waals surface area contributed by atoms with Crippen molar-refractivity contribution in [1.29, 1.82) is 0 Å². The van der Waals surface area contributed by atoms with Gasteiger partial charge in [-0.1, -0.05) is 36.2 Å². The molecule has 7 nitrogen and oxygen atoms in total. The number of carbonyl (C=O) groups excluding carboxylic acids is 1. The summed E-state index contributed by atoms with van der Waals surface area (Å²) in [6.45, 7) is 3.54. The molecule has 0 bridgehead atoms. The van der Waals surface area contributed by atoms with Crippen LogP contribution in [0.4, 0.5) is 0 Å². The number of rotatable bonds is 8. The molecule has 2 atom stereocenters. The quantitative estimate of drug-likeness (QED) is 0.403. The maximum atomic E-state index is 13.3. The van der Waals surface area contributed by atoms with Gasteiger partial charge in [0.1, 0.15) is 17.3 Å². The molecule has 0 unspecified atom stereocenters. The highest BCUT2D eigenvalue weighted by Crippen LogP contribution is 2.38. The molecule has 1 amide bonds. The van der Waals surface area contributed by atoms with Gasteiger partial charge >= 0.3 is 0 Å². The van der Waals surface area contributed by atoms with Crippen molar-refractivity contribution in [3.05, 3.63) is 65.1 Å². The molecule has 2 aliphatic rings. The minimum Gasteiger partial charge on any atom is -0.497 e. The second-order valence-corrected chi connectivity index (χ2v) is 10.4. The van der Waals surface area contributed by atoms with E-state index in [1.54, 1.807) is 14.2 Å². The van der Waals surface area contributed by atoms with Crippen LogP contribution in [0.1, 0.15) is 43.1 Å². The first-order valence-corrected chi connectivity index (χ1v) is 13.4. The molecule has 2 aromatic carbocycles. The number of aromatic nitrogens is 2. The van der Waals surface area contributed by atoms with Crippen LogP contribution in [-0.2, 0) is 11.3 Å². The average molecular weight is 523 g/mol. The van der Waals surface area contributed by atoms with Crippen LogP contribution >= 0.6 is 11.6 Å². The standard InChI is InChI=1S/C29H35ClN4O3/c1-32-26(15-21(29(32)35)17-33-13-7-4-8-14-33)28-31-25(23-9-5-6-10-24(23)30)19-34(28)18-20-11-12-22(36-2)16-27(20)37-3/h5-6,9-12,16,19,21,26H,4,7-8,13-15,17-18H2,1-3H3/t21-,26+/m0/s1. The number of benzene rings is 2. The zero-order valence-electron chi connectivity index (χ0n) is 21.8. The largest absolute Gasteiger partial charge is 0.497 e. The summed E-state index contributed by atoms with van der Waals surface area (Å²) in [5, 5.41) is 0.652. The minimum absolute atomic E-state index is 0.0162. The summed E-state index contributed by atoms with van der Waals surface area (Å²) in [6.07, 6.45) is 6.51. The van der Waals surface area contributed by atoms with Gasteiger partial charge in [-0.05, 0) is 50.6 Å². The highest BCUT2D eigenvalue weighted by atomic mass is 35.5. The Morgan fingerprint density at radius 2 is 1.84 bits per heavy atom. The van der Waals surface area contributed by atoms with Gasteiger partial charge in [-0.15, -0.1) is 0 Å². The number of piperidine rings is 1. The number of likely N-dealkylation sites (tertiary alicyclic amines) is 2. The van der Waals surface area contributed by atoms with E-state index in [-0.39, 0.29) is 17.9 Å². The molecule has 3 aromatic rings. The van der Waals surface area contributed by atoms with Crippen molar-refractivity contribution in [3.63, 3.8) is 0 Å². The fourth-order valence-electron chi connectivity index (χ4n) is 5.64. The van der Waals surface area contributed by atoms with E-state index >= 15 is 0 Å². The van der Waals surface area contributed by atoms with E-state index in [2.05, 4.69) is 9.47 Å². The molecule has 8 heteroatoms. The third kappa shape index (κ3) is 5.34. The molecule has 37 heavy (non-hydrogen) atoms. The van der Waals surface area contributed by atoms with Crippen LogP contribution in [0.2, 0.25) is 5.02 Å². The van der Waals surface area contributed by atoms with Crippen LogP contribution < -0.4 is 9.47 Å². The topological polar surface area (TPSA) is 59.8 Å². The lowest BCUT2D eigenvalue weighted by molar-refractivity contribution is -0.131. The highest BCUT2D eigenvalue weighted by molar-refractivity contribution is 6.33. The monoisotopic (exact) mass is 522 g/mol. The smallest absolute Gasteiger partial charge is 0.227 e. The number of carbonyl (C=O) groups is 1. The second-order valence-electron chi connectivity index (χ2n) is 10.0. The number of amides is 1. The first kappa shape index (κ1) is 25.6. The Hall–Kier alpha value is -3.03. The van der Waals surface area contributed by atoms with Gasteiger partial charge in [0.25, 0.3) is 0 Å². The Bertz CT molecular complexity index is 1250. The molecule has 0 saturated carbocycles. The van der Waals surface area contributed by atoms with Crippen LogP contribution in [0.25, 0.3) is 11.3 Å². The number of hydrogen-bond acceptors (Lipinski definition) is 5. The van der Waals surface area contributed by atoms with Crippen molar-refractivity contribution in [2.75, 3.05) is 40.9 Å². The van der Waals surface area contributed by atoms with Crippen molar-refractivity contribution in [3.8, 4) is 22.8 Å². The summed E-state index contributed by atoms with van der Waals surface area (Å²) in [4.78, 5) is 22.8. The van der Waals surface area contributed by atoms with Gasteiger partial charge in [0, 0.05) is 37.0 Å². The molecule has 2 fully saturated rings. The van der Waals surface area contributed by atoms with E-state index in [0.29, 0.717) is 11.6 Å². The van der Waals surface area contributed by atoms with Crippen LogP contribution in [0.5, 0.6) is 11.5 Å². The Morgan fingerprint density at radius 3 is 2.57 bits per heavy atom. The summed E-state index contributed by atoms with van der Waals surface area (Å²) >= 11 is 6.55. The van der Waals surface area contributed by atoms with Crippen LogP contribution in [0.15, 0.2) is 48.7 Å². The summed E-state index contributed by atoms with van der Waals surface area (Å²) < 4.78 is 13.2. The summed E-state index contributed by atoms with van der Waals surface area (Å²) in [6, 6.07) is 13.5. The van der Waals surface area contributed by atoms with E-state index in [9.17, 15) is 4.79 Å². The van der Waals surface area contributed by atoms with Crippen molar-refractivity contribution in [2.45, 2.75) is 38.3 Å². The molecular weight excluding hydrogens is 488 g/mol. The van der Waals surface area contributed by atoms with Crippen molar-refractivity contribution in [2.24, 2.45) is 5.92 Å². The Morgan fingerprint density at radius 1 is 1.05 bits per heavy atom. The van der Waals surface area contributed by atoms with E-state index in [0.717, 1.165) is 60.2 Å². The summed E-state index contributed by atoms with van der Waals surface area (Å²) in [5.74, 6) is 2.54. The number of nitrogens with zero attached hydrogens (tertiary/aromatic N) is 4. The predicted octanol–water partition coefficient (Wildman–Crippen LogP) is 5.27. The van der Waals surface area contributed by atoms with Crippen LogP contribution in [0.3, 0.4) is 0 Å². The Balaban J connectivity index is 1.49. The van der Waals surface area contributed by atoms with E-state index in [4.69, 9.17) is 26.1 Å². The molecule has 0 aliphatic carbocycles. The molecule has 0 N–H and O–H groups in total. The Labute approximate surface area is 223 Å². The number of ether oxygens (including phenoxy) is 2. The summed E-state index contributed by atoms with van der Waals surface area (Å²) in [5.41, 5.74) is 2.68. The summed E-state index contributed by atoms with van der Waals surface area (Å²) in [7, 11) is 5.22. The zero-order chi connectivity index (χ0) is 25.9. The van der Waals surface area contributed by atoms with E-state index in [1.807, 2.05) is 60.6 Å². The minimum atomic E-state index is -0.109. The first-order valence-electron chi connectivity index (χ1n) is 13.0. The van der Waals surface area contributed by atoms with E-state index < -0.39 is 0 Å². The third-order valence-electron chi connectivity index (χ3n) is 7.69. The molecule has 1 aromatic heterocycles. The van der Waals surface area contributed by atoms with Gasteiger partial charge in [-0.25, -0.2) is 4.98 Å². The number of halogens is 1. The van der Waals surface area contributed by atoms with Crippen LogP contribution in [0, 0.1) is 5.92 Å². The third-order valence-corrected chi connectivity index (χ3v) is 8.02. The van der Waals surface area contributed by atoms with Gasteiger partial charge in [0.2, 0.25) is 5.91 Å². The number of hydrogen-bond donors (Lipinski definition) is 0. The molecule has 5 rings (SSSR count). The van der Waals surface area contributed by atoms with Gasteiger partial charge < -0.3 is 23.8 Å². The lowest BCUT2D eigenvalue weighted by atomic mass is 10.0. The molecule has 2 aliphatic heterocycles. The molecule has 196 valence electrons. The van der Waals surface area contributed by atoms with E-state index in [1.165, 1.54) is 19.3 Å². The predicted molar refractivity (Wildman–Crippen MR) is 145 cm³/mol. The molecular formula is C29H35ClN4O3. The first-order chi connectivity index (χ1) is 18.0. The number of imidazole rings is 1. The molecule has 3 heterocycles. The maximum absolute atomic E-state index is 13.3. The zero-order valence-corrected chi connectivity index (χ0v) is 22.6. The fraction of sp³-hybridized carbons (Fsp3) is 0.448. The Kier molecular flexibility index (Phi) is 7.72. The fourth-order valence-corrected chi connectivity index (χ4v) is 5.87. The molecule has 0 radical (unpaired) electrons. The van der Waals surface area contributed by atoms with Gasteiger partial charge in [0.15, 0.2) is 0 Å². The highest BCUT2D eigenvalue weighted by Gasteiger charge is 2.41. The maximum Gasteiger partial charge on any atom is 0.227 e. The lowest BCUT2D eigenvalue weighted by Crippen LogP contribution is -2.37. The van der Waals surface area contributed by atoms with Gasteiger partial charge in [-0.2, -0.15) is 0 Å². The van der Waals surface area contributed by atoms with Crippen molar-refractivity contribution in [1.82, 2.24) is 19.4 Å².